The summed E-state index contributed by atoms with van der Waals surface area (Å²) in [5.74, 6) is 0.723. The van der Waals surface area contributed by atoms with Crippen LogP contribution in [0.15, 0.2) is 52.4 Å². The van der Waals surface area contributed by atoms with Crippen LogP contribution in [0.1, 0.15) is 30.1 Å². The molecule has 3 aromatic rings. The molecule has 0 spiro atoms. The van der Waals surface area contributed by atoms with Gasteiger partial charge in [-0.1, -0.05) is 0 Å². The standard InChI is InChI=1S/C21H23N5O4S/c1-14-11-23-19(12-22-14)21-24-18(10-20(27)25-21)15-4-3-9-26(13-15)31(28,29)17-7-5-16(30-2)6-8-17/h5-8,10-12,15H,3-4,9,13H2,1-2H3,(H,24,25,27)/t15-/m1/s1. The third-order valence-corrected chi connectivity index (χ3v) is 7.16. The predicted octanol–water partition coefficient (Wildman–Crippen LogP) is 2.11. The van der Waals surface area contributed by atoms with Crippen LogP contribution >= 0.6 is 0 Å². The average Bonchev–Trinajstić information content (AvgIpc) is 2.79. The Morgan fingerprint density at radius 3 is 2.61 bits per heavy atom. The van der Waals surface area contributed by atoms with Gasteiger partial charge in [0.2, 0.25) is 10.0 Å². The summed E-state index contributed by atoms with van der Waals surface area (Å²) in [5.41, 5.74) is 1.46. The van der Waals surface area contributed by atoms with Gasteiger partial charge in [0.15, 0.2) is 5.82 Å². The second-order valence-corrected chi connectivity index (χ2v) is 9.38. The maximum absolute atomic E-state index is 13.1. The Morgan fingerprint density at radius 2 is 1.94 bits per heavy atom. The topological polar surface area (TPSA) is 118 Å². The number of aromatic amines is 1. The van der Waals surface area contributed by atoms with Gasteiger partial charge in [0.1, 0.15) is 11.4 Å². The van der Waals surface area contributed by atoms with Gasteiger partial charge in [0, 0.05) is 31.3 Å². The Kier molecular flexibility index (Phi) is 5.84. The smallest absolute Gasteiger partial charge is 0.251 e. The van der Waals surface area contributed by atoms with Gasteiger partial charge in [-0.2, -0.15) is 4.31 Å². The van der Waals surface area contributed by atoms with Crippen molar-refractivity contribution in [3.05, 3.63) is 64.5 Å². The number of ether oxygens (including phenoxy) is 1. The molecule has 1 aliphatic rings. The molecule has 0 saturated carbocycles. The van der Waals surface area contributed by atoms with Crippen LogP contribution in [0.5, 0.6) is 5.75 Å². The van der Waals surface area contributed by atoms with E-state index in [0.717, 1.165) is 12.1 Å². The molecule has 1 N–H and O–H groups in total. The first-order chi connectivity index (χ1) is 14.9. The highest BCUT2D eigenvalue weighted by atomic mass is 32.2. The van der Waals surface area contributed by atoms with E-state index in [1.807, 2.05) is 6.92 Å². The highest BCUT2D eigenvalue weighted by Crippen LogP contribution is 2.30. The van der Waals surface area contributed by atoms with Crippen LogP contribution < -0.4 is 10.3 Å². The van der Waals surface area contributed by atoms with Crippen LogP contribution in [0.25, 0.3) is 11.5 Å². The fraction of sp³-hybridized carbons (Fsp3) is 0.333. The number of nitrogens with zero attached hydrogens (tertiary/aromatic N) is 4. The SMILES string of the molecule is COc1ccc(S(=O)(=O)N2CCC[C@@H](c3cc(=O)[nH]c(-c4cnc(C)cn4)n3)C2)cc1. The molecule has 0 bridgehead atoms. The molecular formula is C21H23N5O4S. The molecule has 1 atom stereocenters. The monoisotopic (exact) mass is 441 g/mol. The van der Waals surface area contributed by atoms with Crippen LogP contribution in [0.2, 0.25) is 0 Å². The molecule has 0 aliphatic carbocycles. The van der Waals surface area contributed by atoms with E-state index in [0.29, 0.717) is 35.9 Å². The number of rotatable bonds is 5. The molecule has 9 nitrogen and oxygen atoms in total. The molecule has 0 unspecified atom stereocenters. The van der Waals surface area contributed by atoms with Gasteiger partial charge in [0.05, 0.1) is 29.6 Å². The van der Waals surface area contributed by atoms with E-state index in [1.54, 1.807) is 24.5 Å². The van der Waals surface area contributed by atoms with Crippen LogP contribution in [0, 0.1) is 6.92 Å². The van der Waals surface area contributed by atoms with Crippen molar-refractivity contribution in [1.82, 2.24) is 24.2 Å². The van der Waals surface area contributed by atoms with Crippen molar-refractivity contribution >= 4 is 10.0 Å². The van der Waals surface area contributed by atoms with E-state index >= 15 is 0 Å². The molecular weight excluding hydrogens is 418 g/mol. The van der Waals surface area contributed by atoms with Crippen molar-refractivity contribution in [3.8, 4) is 17.3 Å². The number of H-pyrrole nitrogens is 1. The van der Waals surface area contributed by atoms with Gasteiger partial charge in [-0.05, 0) is 44.0 Å². The predicted molar refractivity (Wildman–Crippen MR) is 114 cm³/mol. The molecule has 1 aromatic carbocycles. The van der Waals surface area contributed by atoms with Gasteiger partial charge < -0.3 is 9.72 Å². The number of benzene rings is 1. The van der Waals surface area contributed by atoms with Gasteiger partial charge in [-0.15, -0.1) is 0 Å². The Hall–Kier alpha value is -3.11. The summed E-state index contributed by atoms with van der Waals surface area (Å²) in [4.78, 5) is 28.2. The van der Waals surface area contributed by atoms with Crippen LogP contribution in [-0.2, 0) is 10.0 Å². The molecule has 4 rings (SSSR count). The molecule has 162 valence electrons. The maximum Gasteiger partial charge on any atom is 0.251 e. The zero-order valence-electron chi connectivity index (χ0n) is 17.3. The van der Waals surface area contributed by atoms with Gasteiger partial charge in [0.25, 0.3) is 5.56 Å². The number of hydrogen-bond acceptors (Lipinski definition) is 7. The van der Waals surface area contributed by atoms with Crippen LogP contribution in [0.3, 0.4) is 0 Å². The lowest BCUT2D eigenvalue weighted by atomic mass is 9.96. The van der Waals surface area contributed by atoms with E-state index in [2.05, 4.69) is 19.9 Å². The van der Waals surface area contributed by atoms with E-state index in [4.69, 9.17) is 4.74 Å². The van der Waals surface area contributed by atoms with E-state index in [-0.39, 0.29) is 22.9 Å². The summed E-state index contributed by atoms with van der Waals surface area (Å²) in [6, 6.07) is 7.76. The molecule has 1 fully saturated rings. The summed E-state index contributed by atoms with van der Waals surface area (Å²) >= 11 is 0. The number of aryl methyl sites for hydroxylation is 1. The normalized spacial score (nSPS) is 17.4. The van der Waals surface area contributed by atoms with E-state index < -0.39 is 10.0 Å². The summed E-state index contributed by atoms with van der Waals surface area (Å²) in [6.07, 6.45) is 4.57. The van der Waals surface area contributed by atoms with Crippen LogP contribution in [-0.4, -0.2) is 52.9 Å². The number of piperidine rings is 1. The number of nitrogens with one attached hydrogen (secondary N) is 1. The largest absolute Gasteiger partial charge is 0.497 e. The molecule has 1 saturated heterocycles. The maximum atomic E-state index is 13.1. The Balaban J connectivity index is 1.61. The van der Waals surface area contributed by atoms with Gasteiger partial charge in [-0.25, -0.2) is 18.4 Å². The minimum absolute atomic E-state index is 0.193. The molecule has 1 aliphatic heterocycles. The second-order valence-electron chi connectivity index (χ2n) is 7.44. The first kappa shape index (κ1) is 21.1. The lowest BCUT2D eigenvalue weighted by Gasteiger charge is -2.31. The fourth-order valence-electron chi connectivity index (χ4n) is 3.62. The van der Waals surface area contributed by atoms with Crippen molar-refractivity contribution in [2.24, 2.45) is 0 Å². The molecule has 10 heteroatoms. The lowest BCUT2D eigenvalue weighted by molar-refractivity contribution is 0.312. The van der Waals surface area contributed by atoms with Gasteiger partial charge in [-0.3, -0.25) is 9.78 Å². The third-order valence-electron chi connectivity index (χ3n) is 5.28. The number of sulfonamides is 1. The van der Waals surface area contributed by atoms with Crippen molar-refractivity contribution in [2.45, 2.75) is 30.6 Å². The Labute approximate surface area is 180 Å². The fourth-order valence-corrected chi connectivity index (χ4v) is 5.14. The average molecular weight is 442 g/mol. The number of aromatic nitrogens is 4. The molecule has 0 amide bonds. The summed E-state index contributed by atoms with van der Waals surface area (Å²) in [6.45, 7) is 2.50. The summed E-state index contributed by atoms with van der Waals surface area (Å²) in [7, 11) is -2.13. The minimum Gasteiger partial charge on any atom is -0.497 e. The van der Waals surface area contributed by atoms with Crippen molar-refractivity contribution in [1.29, 1.82) is 0 Å². The van der Waals surface area contributed by atoms with Crippen LogP contribution in [0.4, 0.5) is 0 Å². The summed E-state index contributed by atoms with van der Waals surface area (Å²) in [5, 5.41) is 0. The highest BCUT2D eigenvalue weighted by Gasteiger charge is 2.32. The molecule has 31 heavy (non-hydrogen) atoms. The quantitative estimate of drug-likeness (QED) is 0.644. The second kappa shape index (κ2) is 8.56. The first-order valence-corrected chi connectivity index (χ1v) is 11.4. The van der Waals surface area contributed by atoms with E-state index in [1.165, 1.54) is 29.6 Å². The lowest BCUT2D eigenvalue weighted by Crippen LogP contribution is -2.39. The third kappa shape index (κ3) is 4.49. The van der Waals surface area contributed by atoms with Gasteiger partial charge >= 0.3 is 0 Å². The van der Waals surface area contributed by atoms with Crippen molar-refractivity contribution in [2.75, 3.05) is 20.2 Å². The first-order valence-electron chi connectivity index (χ1n) is 9.91. The van der Waals surface area contributed by atoms with E-state index in [9.17, 15) is 13.2 Å². The number of hydrogen-bond donors (Lipinski definition) is 1. The molecule has 2 aromatic heterocycles. The van der Waals surface area contributed by atoms with Crippen molar-refractivity contribution in [3.63, 3.8) is 0 Å². The summed E-state index contributed by atoms with van der Waals surface area (Å²) < 4.78 is 32.8. The Bertz CT molecular complexity index is 1220. The highest BCUT2D eigenvalue weighted by molar-refractivity contribution is 7.89. The Morgan fingerprint density at radius 1 is 1.16 bits per heavy atom. The molecule has 3 heterocycles. The van der Waals surface area contributed by atoms with Crippen molar-refractivity contribution < 1.29 is 13.2 Å². The number of methoxy groups -OCH3 is 1. The molecule has 0 radical (unpaired) electrons. The zero-order valence-corrected chi connectivity index (χ0v) is 18.1. The zero-order chi connectivity index (χ0) is 22.0. The minimum atomic E-state index is -3.66.